The van der Waals surface area contributed by atoms with Gasteiger partial charge in [0.05, 0.1) is 10.5 Å². The van der Waals surface area contributed by atoms with Gasteiger partial charge in [0.2, 0.25) is 0 Å². The van der Waals surface area contributed by atoms with Crippen LogP contribution in [-0.2, 0) is 13.0 Å². The Morgan fingerprint density at radius 1 is 0.870 bits per heavy atom. The van der Waals surface area contributed by atoms with Crippen LogP contribution in [0.25, 0.3) is 32.4 Å². The molecule has 23 heavy (non-hydrogen) atoms. The number of rotatable bonds is 0. The highest BCUT2D eigenvalue weighted by Crippen LogP contribution is 2.40. The van der Waals surface area contributed by atoms with E-state index in [0.29, 0.717) is 0 Å². The Kier molecular flexibility index (Phi) is 2.62. The first kappa shape index (κ1) is 13.1. The molecule has 0 N–H and O–H groups in total. The van der Waals surface area contributed by atoms with Gasteiger partial charge in [-0.05, 0) is 35.2 Å². The van der Waals surface area contributed by atoms with Gasteiger partial charge in [-0.2, -0.15) is 0 Å². The highest BCUT2D eigenvalue weighted by atomic mass is 35.5. The molecule has 0 aliphatic carbocycles. The molecule has 0 amide bonds. The fourth-order valence-corrected chi connectivity index (χ4v) is 4.35. The molecule has 2 nitrogen and oxygen atoms in total. The minimum atomic E-state index is 0.0976. The van der Waals surface area contributed by atoms with E-state index in [1.54, 1.807) is 0 Å². The molecule has 0 spiro atoms. The quantitative estimate of drug-likeness (QED) is 0.422. The zero-order valence-electron chi connectivity index (χ0n) is 12.5. The fourth-order valence-electron chi connectivity index (χ4n) is 4.00. The van der Waals surface area contributed by atoms with E-state index in [1.165, 1.54) is 0 Å². The largest absolute Gasteiger partial charge is 0.307 e. The molecule has 1 aliphatic heterocycles. The van der Waals surface area contributed by atoms with Gasteiger partial charge in [0.1, 0.15) is 0 Å². The molecule has 0 unspecified atom stereocenters. The third-order valence-corrected chi connectivity index (χ3v) is 5.40. The van der Waals surface area contributed by atoms with E-state index >= 15 is 0 Å². The lowest BCUT2D eigenvalue weighted by Gasteiger charge is -2.23. The van der Waals surface area contributed by atoms with Gasteiger partial charge >= 0.3 is 0 Å². The van der Waals surface area contributed by atoms with Crippen LogP contribution in [-0.4, -0.2) is 4.57 Å². The predicted molar refractivity (Wildman–Crippen MR) is 96.6 cm³/mol. The topological polar surface area (TPSA) is 22.0 Å². The average molecular weight is 320 g/mol. The van der Waals surface area contributed by atoms with Crippen LogP contribution in [0.15, 0.2) is 53.3 Å². The molecule has 2 heterocycles. The Morgan fingerprint density at radius 2 is 1.48 bits per heavy atom. The van der Waals surface area contributed by atoms with Crippen molar-refractivity contribution in [2.45, 2.75) is 19.4 Å². The Labute approximate surface area is 137 Å². The van der Waals surface area contributed by atoms with Gasteiger partial charge < -0.3 is 4.57 Å². The molecular weight excluding hydrogens is 306 g/mol. The third kappa shape index (κ3) is 1.62. The van der Waals surface area contributed by atoms with Gasteiger partial charge in [0.15, 0.2) is 0 Å². The zero-order valence-corrected chi connectivity index (χ0v) is 13.2. The van der Waals surface area contributed by atoms with Gasteiger partial charge in [-0.3, -0.25) is 4.79 Å². The van der Waals surface area contributed by atoms with Crippen LogP contribution in [0.2, 0.25) is 5.02 Å². The summed E-state index contributed by atoms with van der Waals surface area (Å²) in [6.45, 7) is 0.766. The zero-order chi connectivity index (χ0) is 15.6. The molecule has 1 aliphatic rings. The number of aryl methyl sites for hydroxylation is 2. The van der Waals surface area contributed by atoms with Crippen molar-refractivity contribution >= 4 is 44.0 Å². The number of nitrogens with zero attached hydrogens (tertiary/aromatic N) is 1. The first-order valence-electron chi connectivity index (χ1n) is 7.91. The summed E-state index contributed by atoms with van der Waals surface area (Å²) in [6, 6.07) is 16.2. The molecule has 4 aromatic rings. The molecule has 0 radical (unpaired) electrons. The van der Waals surface area contributed by atoms with Gasteiger partial charge in [0, 0.05) is 22.7 Å². The number of fused-ring (bicyclic) bond motifs is 4. The van der Waals surface area contributed by atoms with Crippen molar-refractivity contribution in [2.24, 2.45) is 0 Å². The number of aromatic nitrogens is 1. The second kappa shape index (κ2) is 4.59. The van der Waals surface area contributed by atoms with Crippen LogP contribution < -0.4 is 5.56 Å². The maximum atomic E-state index is 12.9. The molecule has 0 saturated heterocycles. The summed E-state index contributed by atoms with van der Waals surface area (Å²) in [7, 11) is 0. The maximum Gasteiger partial charge on any atom is 0.258 e. The maximum absolute atomic E-state index is 12.9. The summed E-state index contributed by atoms with van der Waals surface area (Å²) >= 11 is 6.71. The highest BCUT2D eigenvalue weighted by Gasteiger charge is 2.22. The average Bonchev–Trinajstić information content (AvgIpc) is 2.61. The standard InChI is InChI=1S/C20H14ClNO/c21-18-14-8-3-1-6-12(14)17-13-7-2-4-9-15(13)20(23)22-11-5-10-16(18)19(17)22/h1-4,6-9H,5,10-11H2. The van der Waals surface area contributed by atoms with Crippen molar-refractivity contribution in [3.63, 3.8) is 0 Å². The normalized spacial score (nSPS) is 14.0. The number of pyridine rings is 1. The number of hydrogen-bond donors (Lipinski definition) is 0. The molecule has 0 saturated carbocycles. The summed E-state index contributed by atoms with van der Waals surface area (Å²) in [4.78, 5) is 12.9. The van der Waals surface area contributed by atoms with Crippen molar-refractivity contribution in [2.75, 3.05) is 0 Å². The lowest BCUT2D eigenvalue weighted by atomic mass is 9.92. The molecule has 0 atom stereocenters. The molecule has 5 rings (SSSR count). The highest BCUT2D eigenvalue weighted by molar-refractivity contribution is 6.39. The van der Waals surface area contributed by atoms with E-state index in [9.17, 15) is 4.79 Å². The van der Waals surface area contributed by atoms with Crippen LogP contribution in [0.4, 0.5) is 0 Å². The van der Waals surface area contributed by atoms with Crippen LogP contribution in [0.3, 0.4) is 0 Å². The lowest BCUT2D eigenvalue weighted by Crippen LogP contribution is -2.25. The van der Waals surface area contributed by atoms with Crippen molar-refractivity contribution in [1.29, 1.82) is 0 Å². The molecule has 3 heteroatoms. The van der Waals surface area contributed by atoms with Crippen LogP contribution in [0, 0.1) is 0 Å². The summed E-state index contributed by atoms with van der Waals surface area (Å²) in [5.74, 6) is 0. The number of hydrogen-bond acceptors (Lipinski definition) is 1. The van der Waals surface area contributed by atoms with Crippen molar-refractivity contribution in [3.05, 3.63) is 69.5 Å². The molecule has 112 valence electrons. The molecule has 3 aromatic carbocycles. The number of halogens is 1. The van der Waals surface area contributed by atoms with Gasteiger partial charge in [0.25, 0.3) is 5.56 Å². The molecular formula is C20H14ClNO. The first-order valence-corrected chi connectivity index (χ1v) is 8.29. The smallest absolute Gasteiger partial charge is 0.258 e. The third-order valence-electron chi connectivity index (χ3n) is 4.97. The summed E-state index contributed by atoms with van der Waals surface area (Å²) < 4.78 is 1.93. The van der Waals surface area contributed by atoms with Crippen LogP contribution in [0.1, 0.15) is 12.0 Å². The van der Waals surface area contributed by atoms with E-state index in [0.717, 1.165) is 62.4 Å². The van der Waals surface area contributed by atoms with Crippen molar-refractivity contribution in [1.82, 2.24) is 4.57 Å². The summed E-state index contributed by atoms with van der Waals surface area (Å²) in [5, 5.41) is 5.99. The van der Waals surface area contributed by atoms with E-state index in [2.05, 4.69) is 18.2 Å². The second-order valence-corrected chi connectivity index (χ2v) is 6.55. The molecule has 0 bridgehead atoms. The van der Waals surface area contributed by atoms with E-state index in [-0.39, 0.29) is 5.56 Å². The van der Waals surface area contributed by atoms with Crippen LogP contribution in [0.5, 0.6) is 0 Å². The van der Waals surface area contributed by atoms with Gasteiger partial charge in [-0.25, -0.2) is 0 Å². The lowest BCUT2D eigenvalue weighted by molar-refractivity contribution is 0.620. The Balaban J connectivity index is 2.25. The minimum Gasteiger partial charge on any atom is -0.307 e. The predicted octanol–water partition coefficient (Wildman–Crippen LogP) is 4.91. The Morgan fingerprint density at radius 3 is 2.22 bits per heavy atom. The minimum absolute atomic E-state index is 0.0976. The van der Waals surface area contributed by atoms with E-state index in [1.807, 2.05) is 34.9 Å². The van der Waals surface area contributed by atoms with Gasteiger partial charge in [-0.15, -0.1) is 0 Å². The number of benzene rings is 3. The fraction of sp³-hybridized carbons (Fsp3) is 0.150. The van der Waals surface area contributed by atoms with Crippen molar-refractivity contribution in [3.8, 4) is 0 Å². The summed E-state index contributed by atoms with van der Waals surface area (Å²) in [6.07, 6.45) is 1.89. The molecule has 1 aromatic heterocycles. The monoisotopic (exact) mass is 319 g/mol. The second-order valence-electron chi connectivity index (χ2n) is 6.17. The first-order chi connectivity index (χ1) is 11.3. The van der Waals surface area contributed by atoms with Gasteiger partial charge in [-0.1, -0.05) is 54.1 Å². The van der Waals surface area contributed by atoms with E-state index < -0.39 is 0 Å². The Bertz CT molecular complexity index is 1170. The van der Waals surface area contributed by atoms with Crippen LogP contribution >= 0.6 is 11.6 Å². The SMILES string of the molecule is O=c1c2ccccc2c2c3ccccc3c(Cl)c3c2n1CCC3. The molecule has 0 fully saturated rings. The van der Waals surface area contributed by atoms with E-state index in [4.69, 9.17) is 11.6 Å². The Hall–Kier alpha value is -2.32. The summed E-state index contributed by atoms with van der Waals surface area (Å²) in [5.41, 5.74) is 2.25. The van der Waals surface area contributed by atoms with Crippen molar-refractivity contribution < 1.29 is 0 Å².